The van der Waals surface area contributed by atoms with Crippen LogP contribution in [0.25, 0.3) is 0 Å². The third-order valence-electron chi connectivity index (χ3n) is 4.93. The van der Waals surface area contributed by atoms with E-state index in [1.165, 1.54) is 0 Å². The number of likely N-dealkylation sites (tertiary alicyclic amines) is 1. The fourth-order valence-corrected chi connectivity index (χ4v) is 5.03. The van der Waals surface area contributed by atoms with Gasteiger partial charge in [0, 0.05) is 31.3 Å². The van der Waals surface area contributed by atoms with Gasteiger partial charge in [-0.2, -0.15) is 0 Å². The summed E-state index contributed by atoms with van der Waals surface area (Å²) >= 11 is 1.86. The lowest BCUT2D eigenvalue weighted by Crippen LogP contribution is -2.55. The van der Waals surface area contributed by atoms with Crippen LogP contribution in [-0.2, 0) is 9.59 Å². The maximum Gasteiger partial charge on any atom is 0.261 e. The Morgan fingerprint density at radius 3 is 2.48 bits per heavy atom. The zero-order valence-corrected chi connectivity index (χ0v) is 15.8. The van der Waals surface area contributed by atoms with Gasteiger partial charge >= 0.3 is 0 Å². The molecule has 2 fully saturated rings. The molecular weight excluding hydrogens is 336 g/mol. The van der Waals surface area contributed by atoms with E-state index in [-0.39, 0.29) is 29.2 Å². The van der Waals surface area contributed by atoms with Crippen molar-refractivity contribution in [3.05, 3.63) is 30.3 Å². The molecule has 0 aliphatic carbocycles. The van der Waals surface area contributed by atoms with Crippen molar-refractivity contribution < 1.29 is 14.3 Å². The number of amides is 2. The summed E-state index contributed by atoms with van der Waals surface area (Å²) in [6, 6.07) is 9.44. The number of piperidine rings is 1. The van der Waals surface area contributed by atoms with E-state index in [1.54, 1.807) is 0 Å². The summed E-state index contributed by atoms with van der Waals surface area (Å²) < 4.78 is 5.64. The molecule has 5 nitrogen and oxygen atoms in total. The smallest absolute Gasteiger partial charge is 0.261 e. The second-order valence-corrected chi connectivity index (χ2v) is 8.38. The first kappa shape index (κ1) is 18.1. The maximum atomic E-state index is 12.7. The Bertz CT molecular complexity index is 612. The summed E-state index contributed by atoms with van der Waals surface area (Å²) in [5.41, 5.74) is 0. The fraction of sp³-hybridized carbons (Fsp3) is 0.579. The van der Waals surface area contributed by atoms with Gasteiger partial charge in [-0.3, -0.25) is 9.59 Å². The Labute approximate surface area is 153 Å². The Hall–Kier alpha value is -1.69. The van der Waals surface area contributed by atoms with Gasteiger partial charge in [0.25, 0.3) is 5.91 Å². The van der Waals surface area contributed by atoms with Crippen LogP contribution in [0.15, 0.2) is 30.3 Å². The monoisotopic (exact) mass is 362 g/mol. The van der Waals surface area contributed by atoms with Crippen molar-refractivity contribution >= 4 is 23.6 Å². The molecule has 136 valence electrons. The number of para-hydroxylation sites is 1. The van der Waals surface area contributed by atoms with E-state index >= 15 is 0 Å². The number of ether oxygens (including phenoxy) is 1. The summed E-state index contributed by atoms with van der Waals surface area (Å²) in [6.45, 7) is 6.17. The molecule has 2 saturated heterocycles. The molecule has 2 aliphatic heterocycles. The number of thioether (sulfide) groups is 1. The van der Waals surface area contributed by atoms with Crippen LogP contribution in [-0.4, -0.2) is 58.5 Å². The molecule has 1 aromatic carbocycles. The molecule has 3 rings (SSSR count). The van der Waals surface area contributed by atoms with Crippen molar-refractivity contribution in [2.24, 2.45) is 5.92 Å². The third-order valence-corrected chi connectivity index (χ3v) is 6.49. The number of nitrogens with zero attached hydrogens (tertiary/aromatic N) is 2. The number of benzene rings is 1. The van der Waals surface area contributed by atoms with Gasteiger partial charge in [0.15, 0.2) is 6.61 Å². The van der Waals surface area contributed by atoms with Crippen molar-refractivity contribution in [3.63, 3.8) is 0 Å². The van der Waals surface area contributed by atoms with Crippen LogP contribution >= 0.6 is 11.8 Å². The van der Waals surface area contributed by atoms with Gasteiger partial charge in [-0.15, -0.1) is 11.8 Å². The van der Waals surface area contributed by atoms with E-state index in [1.807, 2.05) is 65.7 Å². The fourth-order valence-electron chi connectivity index (χ4n) is 3.56. The van der Waals surface area contributed by atoms with E-state index in [4.69, 9.17) is 4.74 Å². The van der Waals surface area contributed by atoms with Crippen LogP contribution in [0, 0.1) is 5.92 Å². The van der Waals surface area contributed by atoms with Gasteiger partial charge < -0.3 is 14.5 Å². The number of hydrogen-bond donors (Lipinski definition) is 0. The molecule has 2 heterocycles. The largest absolute Gasteiger partial charge is 0.484 e. The minimum Gasteiger partial charge on any atom is -0.484 e. The molecule has 0 unspecified atom stereocenters. The second-order valence-electron chi connectivity index (χ2n) is 6.92. The summed E-state index contributed by atoms with van der Waals surface area (Å²) in [5, 5.41) is 0. The highest BCUT2D eigenvalue weighted by Gasteiger charge is 2.46. The standard InChI is InChI=1S/C19H26N2O3S/c1-15(2)18(23)20-10-8-19(9-11-20)21(12-13-25-19)17(22)14-24-16-6-4-3-5-7-16/h3-7,15H,8-14H2,1-2H3. The zero-order chi connectivity index (χ0) is 17.9. The average Bonchev–Trinajstić information content (AvgIpc) is 3.03. The lowest BCUT2D eigenvalue weighted by atomic mass is 10.0. The first-order valence-corrected chi connectivity index (χ1v) is 9.91. The minimum atomic E-state index is -0.162. The summed E-state index contributed by atoms with van der Waals surface area (Å²) in [7, 11) is 0. The van der Waals surface area contributed by atoms with Crippen molar-refractivity contribution in [2.45, 2.75) is 31.6 Å². The molecule has 0 saturated carbocycles. The van der Waals surface area contributed by atoms with Gasteiger partial charge in [0.1, 0.15) is 5.75 Å². The van der Waals surface area contributed by atoms with E-state index < -0.39 is 0 Å². The first-order chi connectivity index (χ1) is 12.0. The Morgan fingerprint density at radius 2 is 1.84 bits per heavy atom. The molecule has 0 atom stereocenters. The molecule has 2 amide bonds. The molecule has 1 aromatic rings. The Morgan fingerprint density at radius 1 is 1.16 bits per heavy atom. The molecule has 0 radical (unpaired) electrons. The summed E-state index contributed by atoms with van der Waals surface area (Å²) in [6.07, 6.45) is 1.68. The Balaban J connectivity index is 1.59. The minimum absolute atomic E-state index is 0.0299. The highest BCUT2D eigenvalue weighted by Crippen LogP contribution is 2.44. The van der Waals surface area contributed by atoms with E-state index in [9.17, 15) is 9.59 Å². The second kappa shape index (κ2) is 7.68. The van der Waals surface area contributed by atoms with E-state index in [2.05, 4.69) is 0 Å². The normalized spacial score (nSPS) is 19.5. The average molecular weight is 362 g/mol. The van der Waals surface area contributed by atoms with Crippen LogP contribution in [0.3, 0.4) is 0 Å². The SMILES string of the molecule is CC(C)C(=O)N1CCC2(CC1)SCCN2C(=O)COc1ccccc1. The van der Waals surface area contributed by atoms with Crippen molar-refractivity contribution in [2.75, 3.05) is 32.0 Å². The quantitative estimate of drug-likeness (QED) is 0.826. The van der Waals surface area contributed by atoms with Crippen molar-refractivity contribution in [1.82, 2.24) is 9.80 Å². The van der Waals surface area contributed by atoms with Crippen LogP contribution in [0.1, 0.15) is 26.7 Å². The Kier molecular flexibility index (Phi) is 5.57. The molecule has 25 heavy (non-hydrogen) atoms. The number of hydrogen-bond acceptors (Lipinski definition) is 4. The van der Waals surface area contributed by atoms with Crippen molar-refractivity contribution in [1.29, 1.82) is 0 Å². The molecule has 0 bridgehead atoms. The summed E-state index contributed by atoms with van der Waals surface area (Å²) in [4.78, 5) is 28.7. The summed E-state index contributed by atoms with van der Waals surface area (Å²) in [5.74, 6) is 1.95. The van der Waals surface area contributed by atoms with Crippen LogP contribution in [0.5, 0.6) is 5.75 Å². The predicted molar refractivity (Wildman–Crippen MR) is 99.5 cm³/mol. The van der Waals surface area contributed by atoms with E-state index in [0.29, 0.717) is 5.75 Å². The lowest BCUT2D eigenvalue weighted by molar-refractivity contribution is -0.140. The maximum absolute atomic E-state index is 12.7. The first-order valence-electron chi connectivity index (χ1n) is 8.93. The molecule has 1 spiro atoms. The lowest BCUT2D eigenvalue weighted by Gasteiger charge is -2.44. The third kappa shape index (κ3) is 3.94. The highest BCUT2D eigenvalue weighted by molar-refractivity contribution is 8.00. The zero-order valence-electron chi connectivity index (χ0n) is 14.9. The van der Waals surface area contributed by atoms with Crippen LogP contribution < -0.4 is 4.74 Å². The van der Waals surface area contributed by atoms with Crippen molar-refractivity contribution in [3.8, 4) is 5.75 Å². The predicted octanol–water partition coefficient (Wildman–Crippen LogP) is 2.62. The number of rotatable bonds is 4. The van der Waals surface area contributed by atoms with Gasteiger partial charge in [-0.05, 0) is 25.0 Å². The topological polar surface area (TPSA) is 49.9 Å². The highest BCUT2D eigenvalue weighted by atomic mass is 32.2. The molecule has 0 aromatic heterocycles. The molecule has 0 N–H and O–H groups in total. The van der Waals surface area contributed by atoms with Gasteiger partial charge in [0.2, 0.25) is 5.91 Å². The number of carbonyl (C=O) groups is 2. The molecule has 2 aliphatic rings. The number of carbonyl (C=O) groups excluding carboxylic acids is 2. The van der Waals surface area contributed by atoms with Gasteiger partial charge in [-0.25, -0.2) is 0 Å². The molecule has 6 heteroatoms. The van der Waals surface area contributed by atoms with E-state index in [0.717, 1.165) is 38.2 Å². The molecular formula is C19H26N2O3S. The van der Waals surface area contributed by atoms with Gasteiger partial charge in [0.05, 0.1) is 4.87 Å². The van der Waals surface area contributed by atoms with Crippen LogP contribution in [0.4, 0.5) is 0 Å². The van der Waals surface area contributed by atoms with Gasteiger partial charge in [-0.1, -0.05) is 32.0 Å². The van der Waals surface area contributed by atoms with Crippen LogP contribution in [0.2, 0.25) is 0 Å².